The fourth-order valence-electron chi connectivity index (χ4n) is 4.55. The van der Waals surface area contributed by atoms with E-state index in [0.717, 1.165) is 72.2 Å². The second kappa shape index (κ2) is 10.7. The maximum Gasteiger partial charge on any atom is 0.341 e. The number of ether oxygens (including phenoxy) is 2. The summed E-state index contributed by atoms with van der Waals surface area (Å²) in [5.41, 5.74) is 2.81. The molecule has 2 aliphatic carbocycles. The zero-order chi connectivity index (χ0) is 24.2. The van der Waals surface area contributed by atoms with Crippen LogP contribution in [0.3, 0.4) is 0 Å². The zero-order valence-electron chi connectivity index (χ0n) is 19.3. The minimum Gasteiger partial charge on any atom is -0.465 e. The standard InChI is InChI=1S/C24H28N2O6S2/c1-31-23(29)19-13-7-3-5-9-15(13)33-21(19)25-17(27)11-12-18(28)26-22-20(24(30)32-2)14-8-4-6-10-16(14)34-22/h3-12H2,1-2H3,(H,25,27)(H,26,28). The van der Waals surface area contributed by atoms with Gasteiger partial charge in [0.25, 0.3) is 0 Å². The summed E-state index contributed by atoms with van der Waals surface area (Å²) in [6, 6.07) is 0. The number of methoxy groups -OCH3 is 2. The van der Waals surface area contributed by atoms with Crippen molar-refractivity contribution < 1.29 is 28.7 Å². The van der Waals surface area contributed by atoms with Crippen molar-refractivity contribution in [2.45, 2.75) is 64.2 Å². The molecule has 0 aliphatic heterocycles. The van der Waals surface area contributed by atoms with Gasteiger partial charge in [-0.25, -0.2) is 9.59 Å². The van der Waals surface area contributed by atoms with Crippen molar-refractivity contribution in [2.24, 2.45) is 0 Å². The Morgan fingerprint density at radius 3 is 1.44 bits per heavy atom. The normalized spacial score (nSPS) is 14.5. The largest absolute Gasteiger partial charge is 0.465 e. The van der Waals surface area contributed by atoms with E-state index in [1.165, 1.54) is 36.9 Å². The molecular formula is C24H28N2O6S2. The molecule has 2 heterocycles. The lowest BCUT2D eigenvalue weighted by molar-refractivity contribution is -0.121. The molecule has 0 fully saturated rings. The molecule has 8 nitrogen and oxygen atoms in total. The average molecular weight is 505 g/mol. The highest BCUT2D eigenvalue weighted by atomic mass is 32.1. The first-order valence-electron chi connectivity index (χ1n) is 11.5. The fraction of sp³-hybridized carbons (Fsp3) is 0.500. The number of thiophene rings is 2. The lowest BCUT2D eigenvalue weighted by atomic mass is 9.95. The first-order valence-corrected chi connectivity index (χ1v) is 13.1. The summed E-state index contributed by atoms with van der Waals surface area (Å²) in [7, 11) is 2.66. The van der Waals surface area contributed by atoms with Gasteiger partial charge < -0.3 is 20.1 Å². The number of hydrogen-bond acceptors (Lipinski definition) is 8. The topological polar surface area (TPSA) is 111 Å². The molecule has 0 bridgehead atoms. The summed E-state index contributed by atoms with van der Waals surface area (Å²) in [6.45, 7) is 0. The lowest BCUT2D eigenvalue weighted by Crippen LogP contribution is -2.19. The number of aryl methyl sites for hydroxylation is 2. The molecular weight excluding hydrogens is 476 g/mol. The van der Waals surface area contributed by atoms with Crippen LogP contribution in [0.2, 0.25) is 0 Å². The van der Waals surface area contributed by atoms with Crippen molar-refractivity contribution in [1.82, 2.24) is 0 Å². The first-order chi connectivity index (χ1) is 16.4. The van der Waals surface area contributed by atoms with Crippen molar-refractivity contribution in [2.75, 3.05) is 24.9 Å². The van der Waals surface area contributed by atoms with Crippen molar-refractivity contribution >= 4 is 56.4 Å². The Labute approximate surface area is 206 Å². The predicted octanol–water partition coefficient (Wildman–Crippen LogP) is 4.50. The molecule has 2 N–H and O–H groups in total. The number of carbonyl (C=O) groups is 4. The smallest absolute Gasteiger partial charge is 0.341 e. The third-order valence-electron chi connectivity index (χ3n) is 6.21. The highest BCUT2D eigenvalue weighted by Gasteiger charge is 2.28. The third kappa shape index (κ3) is 5.02. The van der Waals surface area contributed by atoms with Crippen LogP contribution in [0.15, 0.2) is 0 Å². The van der Waals surface area contributed by atoms with Crippen LogP contribution in [0.5, 0.6) is 0 Å². The third-order valence-corrected chi connectivity index (χ3v) is 8.62. The Kier molecular flexibility index (Phi) is 7.67. The number of nitrogens with one attached hydrogen (secondary N) is 2. The van der Waals surface area contributed by atoms with Gasteiger partial charge in [0.2, 0.25) is 11.8 Å². The van der Waals surface area contributed by atoms with Crippen LogP contribution in [0.25, 0.3) is 0 Å². The van der Waals surface area contributed by atoms with Crippen LogP contribution in [0.1, 0.15) is 80.1 Å². The number of anilines is 2. The van der Waals surface area contributed by atoms with Crippen molar-refractivity contribution in [3.05, 3.63) is 32.0 Å². The molecule has 0 atom stereocenters. The number of fused-ring (bicyclic) bond motifs is 2. The summed E-state index contributed by atoms with van der Waals surface area (Å²) in [4.78, 5) is 52.1. The van der Waals surface area contributed by atoms with Gasteiger partial charge in [-0.05, 0) is 62.5 Å². The van der Waals surface area contributed by atoms with Gasteiger partial charge in [0, 0.05) is 22.6 Å². The number of carbonyl (C=O) groups excluding carboxylic acids is 4. The summed E-state index contributed by atoms with van der Waals surface area (Å²) >= 11 is 2.82. The molecule has 2 amide bonds. The minimum atomic E-state index is -0.454. The number of amides is 2. The molecule has 4 rings (SSSR count). The van der Waals surface area contributed by atoms with Crippen LogP contribution in [0.4, 0.5) is 10.0 Å². The van der Waals surface area contributed by atoms with E-state index >= 15 is 0 Å². The lowest BCUT2D eigenvalue weighted by Gasteiger charge is -2.12. The molecule has 34 heavy (non-hydrogen) atoms. The van der Waals surface area contributed by atoms with E-state index < -0.39 is 11.9 Å². The van der Waals surface area contributed by atoms with Gasteiger partial charge in [-0.3, -0.25) is 9.59 Å². The highest BCUT2D eigenvalue weighted by Crippen LogP contribution is 2.40. The van der Waals surface area contributed by atoms with Gasteiger partial charge in [0.1, 0.15) is 10.0 Å². The Bertz CT molecular complexity index is 1040. The zero-order valence-corrected chi connectivity index (χ0v) is 21.0. The summed E-state index contributed by atoms with van der Waals surface area (Å²) in [5.74, 6) is -1.61. The fourth-order valence-corrected chi connectivity index (χ4v) is 7.14. The van der Waals surface area contributed by atoms with Crippen LogP contribution in [0, 0.1) is 0 Å². The number of hydrogen-bond donors (Lipinski definition) is 2. The van der Waals surface area contributed by atoms with E-state index in [-0.39, 0.29) is 24.7 Å². The van der Waals surface area contributed by atoms with E-state index in [9.17, 15) is 19.2 Å². The minimum absolute atomic E-state index is 0.0480. The quantitative estimate of drug-likeness (QED) is 0.537. The molecule has 0 spiro atoms. The SMILES string of the molecule is COC(=O)c1c(NC(=O)CCC(=O)Nc2sc3c(c2C(=O)OC)CCCC3)sc2c1CCCC2. The molecule has 0 aromatic carbocycles. The molecule has 2 aliphatic rings. The number of esters is 2. The summed E-state index contributed by atoms with van der Waals surface area (Å²) < 4.78 is 9.87. The van der Waals surface area contributed by atoms with Crippen molar-refractivity contribution in [3.63, 3.8) is 0 Å². The van der Waals surface area contributed by atoms with Gasteiger partial charge in [-0.15, -0.1) is 22.7 Å². The van der Waals surface area contributed by atoms with Gasteiger partial charge in [0.05, 0.1) is 25.3 Å². The van der Waals surface area contributed by atoms with E-state index in [2.05, 4.69) is 10.6 Å². The molecule has 10 heteroatoms. The van der Waals surface area contributed by atoms with Gasteiger partial charge in [-0.2, -0.15) is 0 Å². The second-order valence-corrected chi connectivity index (χ2v) is 10.6. The van der Waals surface area contributed by atoms with E-state index in [0.29, 0.717) is 21.1 Å². The molecule has 0 unspecified atom stereocenters. The summed E-state index contributed by atoms with van der Waals surface area (Å²) in [5, 5.41) is 6.59. The Balaban J connectivity index is 1.41. The second-order valence-electron chi connectivity index (χ2n) is 8.41. The highest BCUT2D eigenvalue weighted by molar-refractivity contribution is 7.17. The molecule has 0 radical (unpaired) electrons. The number of rotatable bonds is 7. The van der Waals surface area contributed by atoms with Crippen LogP contribution in [-0.2, 0) is 44.7 Å². The van der Waals surface area contributed by atoms with Crippen LogP contribution < -0.4 is 10.6 Å². The van der Waals surface area contributed by atoms with Crippen molar-refractivity contribution in [3.8, 4) is 0 Å². The van der Waals surface area contributed by atoms with Gasteiger partial charge in [0.15, 0.2) is 0 Å². The average Bonchev–Trinajstić information content (AvgIpc) is 3.39. The van der Waals surface area contributed by atoms with E-state index in [1.54, 1.807) is 0 Å². The van der Waals surface area contributed by atoms with E-state index in [1.807, 2.05) is 0 Å². The van der Waals surface area contributed by atoms with Gasteiger partial charge in [-0.1, -0.05) is 0 Å². The molecule has 0 saturated carbocycles. The van der Waals surface area contributed by atoms with Gasteiger partial charge >= 0.3 is 11.9 Å². The maximum absolute atomic E-state index is 12.6. The maximum atomic E-state index is 12.6. The predicted molar refractivity (Wildman–Crippen MR) is 131 cm³/mol. The molecule has 0 saturated heterocycles. The van der Waals surface area contributed by atoms with Crippen molar-refractivity contribution in [1.29, 1.82) is 0 Å². The molecule has 182 valence electrons. The van der Waals surface area contributed by atoms with E-state index in [4.69, 9.17) is 9.47 Å². The molecule has 2 aromatic heterocycles. The monoisotopic (exact) mass is 504 g/mol. The Morgan fingerprint density at radius 1 is 0.676 bits per heavy atom. The van der Waals surface area contributed by atoms with Crippen LogP contribution in [-0.4, -0.2) is 38.0 Å². The Morgan fingerprint density at radius 2 is 1.06 bits per heavy atom. The first kappa shape index (κ1) is 24.4. The Hall–Kier alpha value is -2.72. The molecule has 2 aromatic rings. The van der Waals surface area contributed by atoms with Crippen LogP contribution >= 0.6 is 22.7 Å². The summed E-state index contributed by atoms with van der Waals surface area (Å²) in [6.07, 6.45) is 7.38.